The SMILES string of the molecule is CCc1ccc(CC)c(C(=O)c2cccc(Br)c2F)c1. The number of carbonyl (C=O) groups excluding carboxylic acids is 1. The van der Waals surface area contributed by atoms with Crippen LogP contribution in [0.5, 0.6) is 0 Å². The van der Waals surface area contributed by atoms with Crippen LogP contribution < -0.4 is 0 Å². The highest BCUT2D eigenvalue weighted by atomic mass is 79.9. The fourth-order valence-corrected chi connectivity index (χ4v) is 2.55. The predicted octanol–water partition coefficient (Wildman–Crippen LogP) is 4.94. The fraction of sp³-hybridized carbons (Fsp3) is 0.235. The van der Waals surface area contributed by atoms with E-state index in [9.17, 15) is 9.18 Å². The van der Waals surface area contributed by atoms with Gasteiger partial charge in [0.2, 0.25) is 0 Å². The number of ketones is 1. The summed E-state index contributed by atoms with van der Waals surface area (Å²) in [5.74, 6) is -0.752. The van der Waals surface area contributed by atoms with Crippen molar-refractivity contribution in [2.45, 2.75) is 26.7 Å². The lowest BCUT2D eigenvalue weighted by atomic mass is 9.94. The average Bonchev–Trinajstić information content (AvgIpc) is 2.48. The van der Waals surface area contributed by atoms with Crippen LogP contribution in [0.1, 0.15) is 40.9 Å². The van der Waals surface area contributed by atoms with Crippen molar-refractivity contribution < 1.29 is 9.18 Å². The molecule has 0 aliphatic rings. The van der Waals surface area contributed by atoms with Crippen LogP contribution in [-0.4, -0.2) is 5.78 Å². The van der Waals surface area contributed by atoms with Crippen molar-refractivity contribution in [3.8, 4) is 0 Å². The van der Waals surface area contributed by atoms with E-state index >= 15 is 0 Å². The van der Waals surface area contributed by atoms with Crippen LogP contribution in [-0.2, 0) is 12.8 Å². The summed E-state index contributed by atoms with van der Waals surface area (Å²) in [5, 5.41) is 0. The molecule has 0 fully saturated rings. The van der Waals surface area contributed by atoms with Gasteiger partial charge >= 0.3 is 0 Å². The van der Waals surface area contributed by atoms with Crippen LogP contribution in [0.2, 0.25) is 0 Å². The molecule has 0 heterocycles. The topological polar surface area (TPSA) is 17.1 Å². The van der Waals surface area contributed by atoms with Crippen LogP contribution in [0, 0.1) is 5.82 Å². The normalized spacial score (nSPS) is 10.6. The smallest absolute Gasteiger partial charge is 0.196 e. The Morgan fingerprint density at radius 3 is 2.50 bits per heavy atom. The fourth-order valence-electron chi connectivity index (χ4n) is 2.19. The molecule has 1 nitrogen and oxygen atoms in total. The Labute approximate surface area is 127 Å². The maximum atomic E-state index is 14.1. The monoisotopic (exact) mass is 334 g/mol. The van der Waals surface area contributed by atoms with E-state index in [4.69, 9.17) is 0 Å². The number of hydrogen-bond donors (Lipinski definition) is 0. The standard InChI is InChI=1S/C17H16BrFO/c1-3-11-8-9-12(4-2)14(10-11)17(20)13-6-5-7-15(18)16(13)19/h5-10H,3-4H2,1-2H3. The molecule has 0 atom stereocenters. The third-order valence-corrected chi connectivity index (χ3v) is 4.02. The van der Waals surface area contributed by atoms with E-state index in [1.165, 1.54) is 6.07 Å². The summed E-state index contributed by atoms with van der Waals surface area (Å²) in [7, 11) is 0. The second-order valence-corrected chi connectivity index (χ2v) is 5.48. The summed E-state index contributed by atoms with van der Waals surface area (Å²) in [6.45, 7) is 4.03. The number of benzene rings is 2. The molecular formula is C17H16BrFO. The molecule has 0 spiro atoms. The lowest BCUT2D eigenvalue weighted by Gasteiger charge is -2.10. The van der Waals surface area contributed by atoms with E-state index in [-0.39, 0.29) is 11.3 Å². The zero-order chi connectivity index (χ0) is 14.7. The molecule has 0 radical (unpaired) electrons. The second kappa shape index (κ2) is 6.31. The summed E-state index contributed by atoms with van der Waals surface area (Å²) < 4.78 is 14.4. The first-order valence-corrected chi connectivity index (χ1v) is 7.48. The molecule has 2 rings (SSSR count). The summed E-state index contributed by atoms with van der Waals surface area (Å²) in [5.41, 5.74) is 2.75. The van der Waals surface area contributed by atoms with Gasteiger partial charge in [0.25, 0.3) is 0 Å². The van der Waals surface area contributed by atoms with E-state index < -0.39 is 5.82 Å². The second-order valence-electron chi connectivity index (χ2n) is 4.63. The molecule has 2 aromatic carbocycles. The Bertz CT molecular complexity index is 649. The van der Waals surface area contributed by atoms with E-state index in [0.29, 0.717) is 10.0 Å². The van der Waals surface area contributed by atoms with Crippen LogP contribution in [0.25, 0.3) is 0 Å². The number of rotatable bonds is 4. The van der Waals surface area contributed by atoms with Crippen molar-refractivity contribution >= 4 is 21.7 Å². The average molecular weight is 335 g/mol. The van der Waals surface area contributed by atoms with E-state index in [2.05, 4.69) is 15.9 Å². The lowest BCUT2D eigenvalue weighted by molar-refractivity contribution is 0.103. The molecule has 2 aromatic rings. The van der Waals surface area contributed by atoms with Crippen LogP contribution in [0.3, 0.4) is 0 Å². The van der Waals surface area contributed by atoms with Crippen molar-refractivity contribution in [3.63, 3.8) is 0 Å². The Balaban J connectivity index is 2.55. The highest BCUT2D eigenvalue weighted by molar-refractivity contribution is 9.10. The molecule has 0 saturated heterocycles. The van der Waals surface area contributed by atoms with E-state index in [1.54, 1.807) is 12.1 Å². The Morgan fingerprint density at radius 1 is 1.10 bits per heavy atom. The molecular weight excluding hydrogens is 319 g/mol. The van der Waals surface area contributed by atoms with Crippen molar-refractivity contribution in [1.29, 1.82) is 0 Å². The Kier molecular flexibility index (Phi) is 4.71. The van der Waals surface area contributed by atoms with Gasteiger partial charge in [-0.25, -0.2) is 4.39 Å². The molecule has 0 unspecified atom stereocenters. The van der Waals surface area contributed by atoms with Crippen molar-refractivity contribution in [1.82, 2.24) is 0 Å². The summed E-state index contributed by atoms with van der Waals surface area (Å²) in [6, 6.07) is 10.7. The molecule has 0 N–H and O–H groups in total. The molecule has 20 heavy (non-hydrogen) atoms. The lowest BCUT2D eigenvalue weighted by Crippen LogP contribution is -2.08. The van der Waals surface area contributed by atoms with Gasteiger partial charge in [-0.2, -0.15) is 0 Å². The van der Waals surface area contributed by atoms with Gasteiger partial charge in [-0.3, -0.25) is 4.79 Å². The quantitative estimate of drug-likeness (QED) is 0.723. The zero-order valence-electron chi connectivity index (χ0n) is 11.5. The third-order valence-electron chi connectivity index (χ3n) is 3.40. The molecule has 0 bridgehead atoms. The van der Waals surface area contributed by atoms with Crippen LogP contribution in [0.4, 0.5) is 4.39 Å². The minimum Gasteiger partial charge on any atom is -0.288 e. The van der Waals surface area contributed by atoms with Crippen molar-refractivity contribution in [2.24, 2.45) is 0 Å². The van der Waals surface area contributed by atoms with Gasteiger partial charge < -0.3 is 0 Å². The van der Waals surface area contributed by atoms with Crippen LogP contribution >= 0.6 is 15.9 Å². The highest BCUT2D eigenvalue weighted by Gasteiger charge is 2.18. The van der Waals surface area contributed by atoms with Crippen LogP contribution in [0.15, 0.2) is 40.9 Å². The molecule has 0 amide bonds. The first-order valence-electron chi connectivity index (χ1n) is 6.69. The van der Waals surface area contributed by atoms with Gasteiger partial charge in [0.15, 0.2) is 5.78 Å². The predicted molar refractivity (Wildman–Crippen MR) is 82.7 cm³/mol. The first kappa shape index (κ1) is 14.9. The summed E-state index contributed by atoms with van der Waals surface area (Å²) in [4.78, 5) is 12.6. The molecule has 104 valence electrons. The van der Waals surface area contributed by atoms with Gasteiger partial charge in [-0.1, -0.05) is 32.0 Å². The molecule has 0 aliphatic carbocycles. The Hall–Kier alpha value is -1.48. The third kappa shape index (κ3) is 2.83. The molecule has 0 aliphatic heterocycles. The van der Waals surface area contributed by atoms with Gasteiger partial charge in [0, 0.05) is 5.56 Å². The minimum atomic E-state index is -0.499. The molecule has 0 saturated carbocycles. The van der Waals surface area contributed by atoms with E-state index in [1.807, 2.05) is 32.0 Å². The molecule has 0 aromatic heterocycles. The van der Waals surface area contributed by atoms with Gasteiger partial charge in [0.1, 0.15) is 5.82 Å². The Morgan fingerprint density at radius 2 is 1.85 bits per heavy atom. The number of halogens is 2. The molecule has 3 heteroatoms. The number of aryl methyl sites for hydroxylation is 2. The van der Waals surface area contributed by atoms with Crippen molar-refractivity contribution in [2.75, 3.05) is 0 Å². The maximum absolute atomic E-state index is 14.1. The van der Waals surface area contributed by atoms with Gasteiger partial charge in [-0.15, -0.1) is 0 Å². The summed E-state index contributed by atoms with van der Waals surface area (Å²) in [6.07, 6.45) is 1.60. The number of carbonyl (C=O) groups is 1. The maximum Gasteiger partial charge on any atom is 0.196 e. The largest absolute Gasteiger partial charge is 0.288 e. The zero-order valence-corrected chi connectivity index (χ0v) is 13.1. The van der Waals surface area contributed by atoms with E-state index in [0.717, 1.165) is 24.0 Å². The van der Waals surface area contributed by atoms with Crippen molar-refractivity contribution in [3.05, 3.63) is 68.9 Å². The van der Waals surface area contributed by atoms with Gasteiger partial charge in [0.05, 0.1) is 10.0 Å². The highest BCUT2D eigenvalue weighted by Crippen LogP contribution is 2.23. The number of hydrogen-bond acceptors (Lipinski definition) is 1. The summed E-state index contributed by atoms with van der Waals surface area (Å²) >= 11 is 3.12. The first-order chi connectivity index (χ1) is 9.58. The van der Waals surface area contributed by atoms with Gasteiger partial charge in [-0.05, 0) is 58.1 Å². The minimum absolute atomic E-state index is 0.113.